The van der Waals surface area contributed by atoms with Crippen molar-refractivity contribution in [3.8, 4) is 0 Å². The fourth-order valence-corrected chi connectivity index (χ4v) is 2.00. The first kappa shape index (κ1) is 11.1. The van der Waals surface area contributed by atoms with Crippen molar-refractivity contribution < 1.29 is 14.4 Å². The van der Waals surface area contributed by atoms with Gasteiger partial charge in [-0.05, 0) is 12.5 Å². The number of carbonyl (C=O) groups excluding carboxylic acids is 1. The summed E-state index contributed by atoms with van der Waals surface area (Å²) in [7, 11) is 1.40. The summed E-state index contributed by atoms with van der Waals surface area (Å²) in [6.45, 7) is 1.86. The second-order valence-corrected chi connectivity index (χ2v) is 3.88. The minimum atomic E-state index is -0.299. The molecule has 0 amide bonds. The Morgan fingerprint density at radius 3 is 2.69 bits per heavy atom. The number of ether oxygens (including phenoxy) is 1. The van der Waals surface area contributed by atoms with E-state index in [0.717, 1.165) is 5.56 Å². The van der Waals surface area contributed by atoms with Crippen LogP contribution in [0.1, 0.15) is 18.5 Å². The summed E-state index contributed by atoms with van der Waals surface area (Å²) in [5.74, 6) is -0.543. The average Bonchev–Trinajstić information content (AvgIpc) is 2.71. The highest BCUT2D eigenvalue weighted by atomic mass is 16.7. The molecule has 1 heterocycles. The van der Waals surface area contributed by atoms with Crippen molar-refractivity contribution in [1.82, 2.24) is 5.48 Å². The van der Waals surface area contributed by atoms with Gasteiger partial charge in [-0.1, -0.05) is 30.3 Å². The van der Waals surface area contributed by atoms with E-state index in [1.165, 1.54) is 7.11 Å². The first-order valence-electron chi connectivity index (χ1n) is 5.28. The zero-order chi connectivity index (χ0) is 11.5. The fraction of sp³-hybridized carbons (Fsp3) is 0.417. The number of methoxy groups -OCH3 is 1. The third-order valence-corrected chi connectivity index (χ3v) is 2.88. The highest BCUT2D eigenvalue weighted by Gasteiger charge is 2.41. The molecule has 0 radical (unpaired) electrons. The average molecular weight is 221 g/mol. The van der Waals surface area contributed by atoms with E-state index in [-0.39, 0.29) is 24.0 Å². The Kier molecular flexibility index (Phi) is 3.22. The molecule has 1 aromatic carbocycles. The van der Waals surface area contributed by atoms with Gasteiger partial charge >= 0.3 is 5.97 Å². The molecule has 0 bridgehead atoms. The summed E-state index contributed by atoms with van der Waals surface area (Å²) >= 11 is 0. The highest BCUT2D eigenvalue weighted by molar-refractivity contribution is 5.74. The predicted molar refractivity (Wildman–Crippen MR) is 58.4 cm³/mol. The summed E-state index contributed by atoms with van der Waals surface area (Å²) < 4.78 is 4.80. The number of benzene rings is 1. The lowest BCUT2D eigenvalue weighted by Gasteiger charge is -2.17. The van der Waals surface area contributed by atoms with Crippen molar-refractivity contribution in [3.63, 3.8) is 0 Å². The third-order valence-electron chi connectivity index (χ3n) is 2.88. The van der Waals surface area contributed by atoms with Crippen LogP contribution >= 0.6 is 0 Å². The maximum absolute atomic E-state index is 11.7. The summed E-state index contributed by atoms with van der Waals surface area (Å²) in [5, 5.41) is 0. The van der Waals surface area contributed by atoms with Crippen LogP contribution in [0, 0.1) is 5.92 Å². The molecular weight excluding hydrogens is 206 g/mol. The molecule has 0 spiro atoms. The standard InChI is InChI=1S/C12H15NO3/c1-8-10(12(14)15-2)11(13-16-8)9-6-4-3-5-7-9/h3-8,10-11,13H,1-2H3/t8-,10-,11-/m0/s1. The highest BCUT2D eigenvalue weighted by Crippen LogP contribution is 2.32. The second-order valence-electron chi connectivity index (χ2n) is 3.88. The molecule has 2 rings (SSSR count). The molecule has 1 aromatic rings. The van der Waals surface area contributed by atoms with Crippen molar-refractivity contribution in [2.24, 2.45) is 5.92 Å². The van der Waals surface area contributed by atoms with Gasteiger partial charge in [0.1, 0.15) is 5.92 Å². The van der Waals surface area contributed by atoms with Crippen LogP contribution in [0.25, 0.3) is 0 Å². The van der Waals surface area contributed by atoms with Crippen LogP contribution in [0.4, 0.5) is 0 Å². The Balaban J connectivity index is 2.24. The molecule has 0 saturated carbocycles. The number of nitrogens with one attached hydrogen (secondary N) is 1. The molecular formula is C12H15NO3. The Labute approximate surface area is 94.5 Å². The van der Waals surface area contributed by atoms with Gasteiger partial charge in [0, 0.05) is 0 Å². The summed E-state index contributed by atoms with van der Waals surface area (Å²) in [6, 6.07) is 9.62. The molecule has 1 aliphatic rings. The number of esters is 1. The summed E-state index contributed by atoms with van der Waals surface area (Å²) in [4.78, 5) is 17.0. The van der Waals surface area contributed by atoms with E-state index in [4.69, 9.17) is 9.57 Å². The monoisotopic (exact) mass is 221 g/mol. The smallest absolute Gasteiger partial charge is 0.313 e. The van der Waals surface area contributed by atoms with E-state index >= 15 is 0 Å². The van der Waals surface area contributed by atoms with Crippen molar-refractivity contribution in [3.05, 3.63) is 35.9 Å². The number of rotatable bonds is 2. The molecule has 1 aliphatic heterocycles. The molecule has 1 saturated heterocycles. The van der Waals surface area contributed by atoms with Gasteiger partial charge in [0.15, 0.2) is 0 Å². The Hall–Kier alpha value is -1.39. The van der Waals surface area contributed by atoms with E-state index in [2.05, 4.69) is 5.48 Å². The van der Waals surface area contributed by atoms with Crippen molar-refractivity contribution in [1.29, 1.82) is 0 Å². The van der Waals surface area contributed by atoms with Crippen LogP contribution in [0.5, 0.6) is 0 Å². The minimum absolute atomic E-state index is 0.136. The largest absolute Gasteiger partial charge is 0.469 e. The van der Waals surface area contributed by atoms with Crippen LogP contribution in [0.3, 0.4) is 0 Å². The van der Waals surface area contributed by atoms with Crippen LogP contribution in [-0.4, -0.2) is 19.2 Å². The lowest BCUT2D eigenvalue weighted by molar-refractivity contribution is -0.147. The van der Waals surface area contributed by atoms with Gasteiger partial charge in [0.2, 0.25) is 0 Å². The molecule has 0 aliphatic carbocycles. The number of hydroxylamine groups is 1. The Bertz CT molecular complexity index is 366. The molecule has 1 N–H and O–H groups in total. The summed E-state index contributed by atoms with van der Waals surface area (Å²) in [5.41, 5.74) is 3.92. The van der Waals surface area contributed by atoms with Crippen LogP contribution in [-0.2, 0) is 14.4 Å². The first-order chi connectivity index (χ1) is 7.74. The van der Waals surface area contributed by atoms with E-state index in [0.29, 0.717) is 0 Å². The number of hydrogen-bond donors (Lipinski definition) is 1. The van der Waals surface area contributed by atoms with Gasteiger partial charge in [-0.3, -0.25) is 9.63 Å². The number of hydrogen-bond acceptors (Lipinski definition) is 4. The first-order valence-corrected chi connectivity index (χ1v) is 5.28. The van der Waals surface area contributed by atoms with Gasteiger partial charge < -0.3 is 4.74 Å². The van der Waals surface area contributed by atoms with Crippen LogP contribution in [0.15, 0.2) is 30.3 Å². The third kappa shape index (κ3) is 1.94. The zero-order valence-corrected chi connectivity index (χ0v) is 9.34. The van der Waals surface area contributed by atoms with Crippen LogP contribution in [0.2, 0.25) is 0 Å². The van der Waals surface area contributed by atoms with E-state index in [1.54, 1.807) is 0 Å². The molecule has 16 heavy (non-hydrogen) atoms. The lowest BCUT2D eigenvalue weighted by Crippen LogP contribution is -2.28. The maximum atomic E-state index is 11.7. The van der Waals surface area contributed by atoms with E-state index < -0.39 is 0 Å². The van der Waals surface area contributed by atoms with Crippen molar-refractivity contribution in [2.75, 3.05) is 7.11 Å². The van der Waals surface area contributed by atoms with Crippen LogP contribution < -0.4 is 5.48 Å². The van der Waals surface area contributed by atoms with Crippen molar-refractivity contribution in [2.45, 2.75) is 19.1 Å². The van der Waals surface area contributed by atoms with E-state index in [1.807, 2.05) is 37.3 Å². The van der Waals surface area contributed by atoms with Crippen molar-refractivity contribution >= 4 is 5.97 Å². The molecule has 4 heteroatoms. The molecule has 0 aromatic heterocycles. The molecule has 0 unspecified atom stereocenters. The molecule has 4 nitrogen and oxygen atoms in total. The molecule has 86 valence electrons. The molecule has 1 fully saturated rings. The minimum Gasteiger partial charge on any atom is -0.469 e. The summed E-state index contributed by atoms with van der Waals surface area (Å²) in [6.07, 6.45) is -0.183. The maximum Gasteiger partial charge on any atom is 0.313 e. The Morgan fingerprint density at radius 2 is 2.06 bits per heavy atom. The SMILES string of the molecule is COC(=O)[C@H]1[C@H](C)ON[C@H]1c1ccccc1. The quantitative estimate of drug-likeness (QED) is 0.768. The topological polar surface area (TPSA) is 47.6 Å². The van der Waals surface area contributed by atoms with Gasteiger partial charge in [0.25, 0.3) is 0 Å². The van der Waals surface area contributed by atoms with Gasteiger partial charge in [-0.2, -0.15) is 5.48 Å². The van der Waals surface area contributed by atoms with E-state index in [9.17, 15) is 4.79 Å². The fourth-order valence-electron chi connectivity index (χ4n) is 2.00. The Morgan fingerprint density at radius 1 is 1.38 bits per heavy atom. The second kappa shape index (κ2) is 4.63. The number of carbonyl (C=O) groups is 1. The molecule has 3 atom stereocenters. The van der Waals surface area contributed by atoms with Gasteiger partial charge in [0.05, 0.1) is 19.3 Å². The zero-order valence-electron chi connectivity index (χ0n) is 9.34. The van der Waals surface area contributed by atoms with Gasteiger partial charge in [-0.25, -0.2) is 0 Å². The predicted octanol–water partition coefficient (Wildman–Crippen LogP) is 1.44. The lowest BCUT2D eigenvalue weighted by atomic mass is 9.91. The normalized spacial score (nSPS) is 29.0. The van der Waals surface area contributed by atoms with Gasteiger partial charge in [-0.15, -0.1) is 0 Å².